The lowest BCUT2D eigenvalue weighted by Gasteiger charge is -2.31. The summed E-state index contributed by atoms with van der Waals surface area (Å²) in [6.45, 7) is 0. The van der Waals surface area contributed by atoms with Crippen molar-refractivity contribution in [1.29, 1.82) is 0 Å². The highest BCUT2D eigenvalue weighted by Gasteiger charge is 2.37. The van der Waals surface area contributed by atoms with Crippen LogP contribution >= 0.6 is 11.6 Å². The van der Waals surface area contributed by atoms with E-state index in [2.05, 4.69) is 10.6 Å². The maximum atomic E-state index is 13.7. The van der Waals surface area contributed by atoms with Gasteiger partial charge in [-0.2, -0.15) is 0 Å². The number of ether oxygens (including phenoxy) is 2. The third kappa shape index (κ3) is 3.83. The summed E-state index contributed by atoms with van der Waals surface area (Å²) in [5, 5.41) is 7.84. The van der Waals surface area contributed by atoms with E-state index in [0.717, 1.165) is 33.8 Å². The number of methoxy groups -OCH3 is 2. The lowest BCUT2D eigenvalue weighted by molar-refractivity contribution is -0.116. The summed E-state index contributed by atoms with van der Waals surface area (Å²) >= 11 is 6.50. The van der Waals surface area contributed by atoms with Gasteiger partial charge in [0.25, 0.3) is 0 Å². The van der Waals surface area contributed by atoms with Gasteiger partial charge in [-0.15, -0.1) is 0 Å². The van der Waals surface area contributed by atoms with E-state index >= 15 is 0 Å². The van der Waals surface area contributed by atoms with Crippen LogP contribution in [-0.2, 0) is 4.79 Å². The topological polar surface area (TPSA) is 59.6 Å². The Balaban J connectivity index is 1.66. The van der Waals surface area contributed by atoms with Crippen LogP contribution in [-0.4, -0.2) is 20.0 Å². The van der Waals surface area contributed by atoms with Crippen molar-refractivity contribution in [3.05, 3.63) is 94.1 Å². The first kappa shape index (κ1) is 21.4. The monoisotopic (exact) mass is 460 g/mol. The molecule has 0 saturated carbocycles. The summed E-state index contributed by atoms with van der Waals surface area (Å²) in [5.74, 6) is 1.34. The molecule has 0 aromatic heterocycles. The number of rotatable bonds is 4. The van der Waals surface area contributed by atoms with E-state index in [1.54, 1.807) is 14.2 Å². The van der Waals surface area contributed by atoms with Gasteiger partial charge in [-0.05, 0) is 42.2 Å². The van der Waals surface area contributed by atoms with Crippen molar-refractivity contribution < 1.29 is 14.3 Å². The molecule has 0 amide bonds. The Morgan fingerprint density at radius 2 is 1.58 bits per heavy atom. The molecule has 0 fully saturated rings. The Labute approximate surface area is 198 Å². The van der Waals surface area contributed by atoms with Gasteiger partial charge in [0.05, 0.1) is 31.6 Å². The van der Waals surface area contributed by atoms with Crippen molar-refractivity contribution in [3.8, 4) is 11.5 Å². The molecule has 2 aliphatic rings. The molecule has 5 rings (SSSR count). The number of anilines is 2. The van der Waals surface area contributed by atoms with Gasteiger partial charge in [0.1, 0.15) is 0 Å². The quantitative estimate of drug-likeness (QED) is 0.476. The van der Waals surface area contributed by atoms with Crippen molar-refractivity contribution >= 4 is 28.8 Å². The first-order valence-corrected chi connectivity index (χ1v) is 11.3. The number of nitrogens with one attached hydrogen (secondary N) is 2. The van der Waals surface area contributed by atoms with E-state index in [1.807, 2.05) is 66.7 Å². The number of benzene rings is 3. The zero-order valence-corrected chi connectivity index (χ0v) is 19.3. The van der Waals surface area contributed by atoms with Gasteiger partial charge in [0, 0.05) is 28.3 Å². The normalized spacial score (nSPS) is 19.5. The van der Waals surface area contributed by atoms with Gasteiger partial charge in [-0.25, -0.2) is 0 Å². The minimum Gasteiger partial charge on any atom is -0.493 e. The molecule has 0 unspecified atom stereocenters. The molecule has 168 valence electrons. The molecule has 0 radical (unpaired) electrons. The summed E-state index contributed by atoms with van der Waals surface area (Å²) in [7, 11) is 3.24. The number of halogens is 1. The number of hydrogen-bond donors (Lipinski definition) is 2. The van der Waals surface area contributed by atoms with E-state index < -0.39 is 0 Å². The Hall–Kier alpha value is -3.44. The molecule has 2 N–H and O–H groups in total. The highest BCUT2D eigenvalue weighted by atomic mass is 35.5. The molecule has 3 aromatic rings. The number of Topliss-reactive ketones (excluding diaryl/α,β-unsaturated/α-hetero) is 1. The third-order valence-electron chi connectivity index (χ3n) is 6.40. The summed E-state index contributed by atoms with van der Waals surface area (Å²) in [6, 6.07) is 21.1. The second-order valence-electron chi connectivity index (χ2n) is 8.27. The number of allylic oxidation sites excluding steroid dienone is 1. The van der Waals surface area contributed by atoms with E-state index in [4.69, 9.17) is 21.1 Å². The Kier molecular flexibility index (Phi) is 5.73. The van der Waals surface area contributed by atoms with Crippen LogP contribution in [0.3, 0.4) is 0 Å². The number of para-hydroxylation sites is 3. The minimum atomic E-state index is -0.388. The van der Waals surface area contributed by atoms with Crippen molar-refractivity contribution in [3.63, 3.8) is 0 Å². The smallest absolute Gasteiger partial charge is 0.166 e. The number of fused-ring (bicyclic) bond motifs is 1. The first-order chi connectivity index (χ1) is 16.1. The largest absolute Gasteiger partial charge is 0.493 e. The molecular weight excluding hydrogens is 436 g/mol. The molecule has 1 aliphatic carbocycles. The van der Waals surface area contributed by atoms with E-state index in [0.29, 0.717) is 29.4 Å². The van der Waals surface area contributed by atoms with Crippen molar-refractivity contribution in [1.82, 2.24) is 0 Å². The average Bonchev–Trinajstić information content (AvgIpc) is 3.00. The zero-order chi connectivity index (χ0) is 22.9. The number of carbonyl (C=O) groups is 1. The maximum Gasteiger partial charge on any atom is 0.166 e. The van der Waals surface area contributed by atoms with Gasteiger partial charge in [0.2, 0.25) is 0 Å². The van der Waals surface area contributed by atoms with Gasteiger partial charge in [-0.3, -0.25) is 4.79 Å². The van der Waals surface area contributed by atoms with Gasteiger partial charge in [0.15, 0.2) is 17.3 Å². The Morgan fingerprint density at radius 3 is 2.33 bits per heavy atom. The molecule has 3 aromatic carbocycles. The van der Waals surface area contributed by atoms with E-state index in [1.165, 1.54) is 0 Å². The van der Waals surface area contributed by atoms with Crippen LogP contribution in [0.2, 0.25) is 5.02 Å². The molecule has 0 spiro atoms. The third-order valence-corrected chi connectivity index (χ3v) is 6.74. The highest BCUT2D eigenvalue weighted by molar-refractivity contribution is 6.31. The fourth-order valence-corrected chi connectivity index (χ4v) is 5.18. The van der Waals surface area contributed by atoms with Crippen LogP contribution in [0.15, 0.2) is 78.0 Å². The standard InChI is InChI=1S/C27H25ClN2O3/c1-32-24-13-7-9-18(27(24)33-2)26-25-22(29-20-11-5-6-12-21(20)30-26)14-16(15-23(25)31)17-8-3-4-10-19(17)28/h3-13,16,26,29-30H,14-15H2,1-2H3/t16-,26+/m0/s1. The van der Waals surface area contributed by atoms with Crippen LogP contribution in [0.4, 0.5) is 11.4 Å². The van der Waals surface area contributed by atoms with Crippen molar-refractivity contribution in [2.75, 3.05) is 24.9 Å². The summed E-state index contributed by atoms with van der Waals surface area (Å²) < 4.78 is 11.3. The summed E-state index contributed by atoms with van der Waals surface area (Å²) in [5.41, 5.74) is 5.34. The second kappa shape index (κ2) is 8.83. The van der Waals surface area contributed by atoms with Crippen LogP contribution < -0.4 is 20.1 Å². The fraction of sp³-hybridized carbons (Fsp3) is 0.222. The lowest BCUT2D eigenvalue weighted by atomic mass is 9.78. The van der Waals surface area contributed by atoms with Gasteiger partial charge >= 0.3 is 0 Å². The SMILES string of the molecule is COc1cccc([C@H]2Nc3ccccc3NC3=C2C(=O)C[C@@H](c2ccccc2Cl)C3)c1OC. The summed E-state index contributed by atoms with van der Waals surface area (Å²) in [6.07, 6.45) is 1.08. The molecule has 1 heterocycles. The van der Waals surface area contributed by atoms with Crippen LogP contribution in [0.5, 0.6) is 11.5 Å². The van der Waals surface area contributed by atoms with Crippen LogP contribution in [0, 0.1) is 0 Å². The van der Waals surface area contributed by atoms with E-state index in [-0.39, 0.29) is 17.7 Å². The number of ketones is 1. The molecule has 2 atom stereocenters. The summed E-state index contributed by atoms with van der Waals surface area (Å²) in [4.78, 5) is 13.7. The highest BCUT2D eigenvalue weighted by Crippen LogP contribution is 2.47. The molecule has 0 saturated heterocycles. The average molecular weight is 461 g/mol. The maximum absolute atomic E-state index is 13.7. The van der Waals surface area contributed by atoms with Crippen LogP contribution in [0.1, 0.15) is 35.9 Å². The van der Waals surface area contributed by atoms with Gasteiger partial charge in [-0.1, -0.05) is 54.1 Å². The first-order valence-electron chi connectivity index (χ1n) is 10.9. The molecule has 33 heavy (non-hydrogen) atoms. The number of carbonyl (C=O) groups excluding carboxylic acids is 1. The lowest BCUT2D eigenvalue weighted by Crippen LogP contribution is -2.27. The predicted octanol–water partition coefficient (Wildman–Crippen LogP) is 6.34. The number of hydrogen-bond acceptors (Lipinski definition) is 5. The Bertz CT molecular complexity index is 1250. The molecule has 6 heteroatoms. The van der Waals surface area contributed by atoms with Crippen molar-refractivity contribution in [2.24, 2.45) is 0 Å². The van der Waals surface area contributed by atoms with Crippen LogP contribution in [0.25, 0.3) is 0 Å². The van der Waals surface area contributed by atoms with E-state index in [9.17, 15) is 4.79 Å². The second-order valence-corrected chi connectivity index (χ2v) is 8.68. The minimum absolute atomic E-state index is 0.00978. The van der Waals surface area contributed by atoms with Crippen molar-refractivity contribution in [2.45, 2.75) is 24.8 Å². The molecule has 1 aliphatic heterocycles. The molecule has 0 bridgehead atoms. The predicted molar refractivity (Wildman–Crippen MR) is 131 cm³/mol. The molecular formula is C27H25ClN2O3. The molecule has 5 nitrogen and oxygen atoms in total. The Morgan fingerprint density at radius 1 is 0.848 bits per heavy atom. The zero-order valence-electron chi connectivity index (χ0n) is 18.5. The fourth-order valence-electron chi connectivity index (χ4n) is 4.89. The van der Waals surface area contributed by atoms with Gasteiger partial charge < -0.3 is 20.1 Å².